The van der Waals surface area contributed by atoms with Crippen LogP contribution in [0.2, 0.25) is 5.02 Å². The molecule has 98 valence electrons. The molecule has 1 N–H and O–H groups in total. The minimum atomic E-state index is 0.0879. The molecule has 0 aliphatic rings. The zero-order valence-corrected chi connectivity index (χ0v) is 11.8. The van der Waals surface area contributed by atoms with Gasteiger partial charge in [-0.2, -0.15) is 5.10 Å². The van der Waals surface area contributed by atoms with Crippen LogP contribution in [-0.4, -0.2) is 29.5 Å². The second-order valence-corrected chi connectivity index (χ2v) is 4.51. The minimum absolute atomic E-state index is 0.0879. The molecule has 5 heteroatoms. The quantitative estimate of drug-likeness (QED) is 0.818. The Labute approximate surface area is 108 Å². The predicted octanol–water partition coefficient (Wildman–Crippen LogP) is 2.54. The van der Waals surface area contributed by atoms with Gasteiger partial charge in [0.05, 0.1) is 29.1 Å². The van der Waals surface area contributed by atoms with E-state index in [1.807, 2.05) is 11.7 Å². The summed E-state index contributed by atoms with van der Waals surface area (Å²) < 4.78 is 7.39. The number of methoxy groups -OCH3 is 1. The van der Waals surface area contributed by atoms with Crippen LogP contribution in [0.5, 0.6) is 0 Å². The van der Waals surface area contributed by atoms with Crippen molar-refractivity contribution in [3.63, 3.8) is 0 Å². The number of nitrogens with zero attached hydrogens (tertiary/aromatic N) is 2. The second-order valence-electron chi connectivity index (χ2n) is 4.10. The first-order valence-corrected chi connectivity index (χ1v) is 6.47. The summed E-state index contributed by atoms with van der Waals surface area (Å²) in [5.74, 6) is 0. The third-order valence-corrected chi connectivity index (χ3v) is 3.20. The highest BCUT2D eigenvalue weighted by Crippen LogP contribution is 2.27. The van der Waals surface area contributed by atoms with Crippen LogP contribution in [0.3, 0.4) is 0 Å². The first-order chi connectivity index (χ1) is 8.15. The van der Waals surface area contributed by atoms with Gasteiger partial charge in [-0.3, -0.25) is 4.68 Å². The number of hydrogen-bond donors (Lipinski definition) is 1. The van der Waals surface area contributed by atoms with E-state index in [0.717, 1.165) is 25.1 Å². The summed E-state index contributed by atoms with van der Waals surface area (Å²) in [4.78, 5) is 0. The van der Waals surface area contributed by atoms with Crippen LogP contribution in [0.4, 0.5) is 0 Å². The molecular formula is C12H22ClN3O. The highest BCUT2D eigenvalue weighted by Gasteiger charge is 2.26. The van der Waals surface area contributed by atoms with Gasteiger partial charge in [-0.05, 0) is 13.0 Å². The van der Waals surface area contributed by atoms with Gasteiger partial charge in [-0.1, -0.05) is 31.9 Å². The molecule has 1 aromatic heterocycles. The number of hydrogen-bond acceptors (Lipinski definition) is 3. The van der Waals surface area contributed by atoms with Crippen LogP contribution in [0.15, 0.2) is 6.20 Å². The van der Waals surface area contributed by atoms with Crippen molar-refractivity contribution in [3.8, 4) is 0 Å². The topological polar surface area (TPSA) is 39.1 Å². The molecule has 1 rings (SSSR count). The minimum Gasteiger partial charge on any atom is -0.379 e. The number of aryl methyl sites for hydroxylation is 1. The van der Waals surface area contributed by atoms with Gasteiger partial charge in [-0.25, -0.2) is 0 Å². The van der Waals surface area contributed by atoms with Crippen molar-refractivity contribution < 1.29 is 4.74 Å². The number of halogens is 1. The average Bonchev–Trinajstić information content (AvgIpc) is 2.64. The van der Waals surface area contributed by atoms with Crippen molar-refractivity contribution in [2.24, 2.45) is 7.05 Å². The van der Waals surface area contributed by atoms with Gasteiger partial charge in [0.1, 0.15) is 0 Å². The molecule has 0 aromatic carbocycles. The normalized spacial score (nSPS) is 14.9. The Hall–Kier alpha value is -0.580. The largest absolute Gasteiger partial charge is 0.379 e. The number of likely N-dealkylation sites (N-methyl/N-ethyl adjacent to an activating group) is 1. The molecule has 2 unspecified atom stereocenters. The van der Waals surface area contributed by atoms with Gasteiger partial charge in [0.15, 0.2) is 0 Å². The average molecular weight is 260 g/mol. The molecule has 2 atom stereocenters. The molecule has 0 aliphatic heterocycles. The van der Waals surface area contributed by atoms with E-state index in [0.29, 0.717) is 5.02 Å². The summed E-state index contributed by atoms with van der Waals surface area (Å²) in [6, 6.07) is 0.0879. The zero-order valence-electron chi connectivity index (χ0n) is 11.0. The summed E-state index contributed by atoms with van der Waals surface area (Å²) in [5.41, 5.74) is 0.994. The first-order valence-electron chi connectivity index (χ1n) is 6.09. The van der Waals surface area contributed by atoms with Crippen LogP contribution in [0.1, 0.15) is 38.4 Å². The molecule has 4 nitrogen and oxygen atoms in total. The Bertz CT molecular complexity index is 321. The fourth-order valence-electron chi connectivity index (χ4n) is 2.10. The van der Waals surface area contributed by atoms with E-state index in [1.54, 1.807) is 13.3 Å². The molecule has 1 heterocycles. The lowest BCUT2D eigenvalue weighted by Crippen LogP contribution is -2.34. The monoisotopic (exact) mass is 259 g/mol. The van der Waals surface area contributed by atoms with Crippen molar-refractivity contribution in [2.45, 2.75) is 38.8 Å². The van der Waals surface area contributed by atoms with Crippen LogP contribution in [0.25, 0.3) is 0 Å². The van der Waals surface area contributed by atoms with Crippen molar-refractivity contribution in [3.05, 3.63) is 16.9 Å². The third kappa shape index (κ3) is 3.44. The van der Waals surface area contributed by atoms with Crippen molar-refractivity contribution >= 4 is 11.6 Å². The van der Waals surface area contributed by atoms with Gasteiger partial charge in [0.25, 0.3) is 0 Å². The molecule has 0 saturated carbocycles. The Morgan fingerprint density at radius 3 is 2.65 bits per heavy atom. The number of ether oxygens (including phenoxy) is 1. The van der Waals surface area contributed by atoms with Gasteiger partial charge in [-0.15, -0.1) is 0 Å². The SMILES string of the molecule is CCCC(OC)C(NCC)c1c(Cl)cnn1C. The fraction of sp³-hybridized carbons (Fsp3) is 0.750. The first kappa shape index (κ1) is 14.5. The summed E-state index contributed by atoms with van der Waals surface area (Å²) >= 11 is 6.20. The Balaban J connectivity index is 2.98. The van der Waals surface area contributed by atoms with E-state index in [9.17, 15) is 0 Å². The number of nitrogens with one attached hydrogen (secondary N) is 1. The van der Waals surface area contributed by atoms with Crippen LogP contribution >= 0.6 is 11.6 Å². The summed E-state index contributed by atoms with van der Waals surface area (Å²) in [6.45, 7) is 5.10. The van der Waals surface area contributed by atoms with E-state index in [4.69, 9.17) is 16.3 Å². The molecule has 0 fully saturated rings. The lowest BCUT2D eigenvalue weighted by atomic mass is 10.0. The second kappa shape index (κ2) is 6.99. The molecule has 0 bridgehead atoms. The Morgan fingerprint density at radius 1 is 1.53 bits per heavy atom. The predicted molar refractivity (Wildman–Crippen MR) is 70.3 cm³/mol. The molecule has 0 saturated heterocycles. The molecule has 17 heavy (non-hydrogen) atoms. The lowest BCUT2D eigenvalue weighted by Gasteiger charge is -2.27. The molecular weight excluding hydrogens is 238 g/mol. The van der Waals surface area contributed by atoms with E-state index < -0.39 is 0 Å². The Morgan fingerprint density at radius 2 is 2.24 bits per heavy atom. The molecule has 0 spiro atoms. The maximum Gasteiger partial charge on any atom is 0.0835 e. The Kier molecular flexibility index (Phi) is 5.95. The van der Waals surface area contributed by atoms with E-state index in [1.165, 1.54) is 0 Å². The van der Waals surface area contributed by atoms with Crippen LogP contribution in [0, 0.1) is 0 Å². The highest BCUT2D eigenvalue weighted by molar-refractivity contribution is 6.31. The molecule has 1 aromatic rings. The van der Waals surface area contributed by atoms with Crippen LogP contribution < -0.4 is 5.32 Å². The summed E-state index contributed by atoms with van der Waals surface area (Å²) in [5, 5.41) is 8.31. The fourth-order valence-corrected chi connectivity index (χ4v) is 2.38. The molecule has 0 radical (unpaired) electrons. The maximum atomic E-state index is 6.20. The number of rotatable bonds is 7. The lowest BCUT2D eigenvalue weighted by molar-refractivity contribution is 0.0586. The smallest absolute Gasteiger partial charge is 0.0835 e. The third-order valence-electron chi connectivity index (χ3n) is 2.90. The van der Waals surface area contributed by atoms with E-state index in [2.05, 4.69) is 24.3 Å². The summed E-state index contributed by atoms with van der Waals surface area (Å²) in [7, 11) is 3.65. The highest BCUT2D eigenvalue weighted by atomic mass is 35.5. The molecule has 0 aliphatic carbocycles. The molecule has 0 amide bonds. The van der Waals surface area contributed by atoms with Crippen molar-refractivity contribution in [2.75, 3.05) is 13.7 Å². The van der Waals surface area contributed by atoms with Gasteiger partial charge < -0.3 is 10.1 Å². The van der Waals surface area contributed by atoms with Gasteiger partial charge in [0, 0.05) is 14.2 Å². The van der Waals surface area contributed by atoms with E-state index >= 15 is 0 Å². The number of aromatic nitrogens is 2. The van der Waals surface area contributed by atoms with Crippen molar-refractivity contribution in [1.82, 2.24) is 15.1 Å². The standard InChI is InChI=1S/C12H22ClN3O/c1-5-7-10(17-4)11(14-6-2)12-9(13)8-15-16(12)3/h8,10-11,14H,5-7H2,1-4H3. The van der Waals surface area contributed by atoms with Gasteiger partial charge >= 0.3 is 0 Å². The summed E-state index contributed by atoms with van der Waals surface area (Å²) in [6.07, 6.45) is 3.87. The van der Waals surface area contributed by atoms with E-state index in [-0.39, 0.29) is 12.1 Å². The maximum absolute atomic E-state index is 6.20. The zero-order chi connectivity index (χ0) is 12.8. The van der Waals surface area contributed by atoms with Gasteiger partial charge in [0.2, 0.25) is 0 Å². The van der Waals surface area contributed by atoms with Crippen molar-refractivity contribution in [1.29, 1.82) is 0 Å². The van der Waals surface area contributed by atoms with Crippen LogP contribution in [-0.2, 0) is 11.8 Å².